The number of nitrogens with zero attached hydrogens (tertiary/aromatic N) is 3. The van der Waals surface area contributed by atoms with E-state index in [1.54, 1.807) is 6.07 Å². The molecule has 3 heterocycles. The minimum atomic E-state index is -0.955. The second-order valence-electron chi connectivity index (χ2n) is 7.87. The topological polar surface area (TPSA) is 68.0 Å². The third-order valence-corrected chi connectivity index (χ3v) is 5.91. The fourth-order valence-corrected chi connectivity index (χ4v) is 4.32. The van der Waals surface area contributed by atoms with Gasteiger partial charge in [0.2, 0.25) is 0 Å². The summed E-state index contributed by atoms with van der Waals surface area (Å²) in [4.78, 5) is 20.0. The Bertz CT molecular complexity index is 957. The molecule has 0 atom stereocenters. The summed E-state index contributed by atoms with van der Waals surface area (Å²) in [5, 5.41) is 10.3. The lowest BCUT2D eigenvalue weighted by Gasteiger charge is -2.21. The normalized spacial score (nSPS) is 15.1. The number of aromatic carboxylic acids is 1. The van der Waals surface area contributed by atoms with E-state index >= 15 is 0 Å². The van der Waals surface area contributed by atoms with E-state index < -0.39 is 5.97 Å². The number of fused-ring (bicyclic) bond motifs is 1. The predicted octanol–water partition coefficient (Wildman–Crippen LogP) is 5.55. The van der Waals surface area contributed by atoms with Crippen LogP contribution in [0.2, 0.25) is 0 Å². The van der Waals surface area contributed by atoms with Crippen LogP contribution in [0.5, 0.6) is 0 Å². The summed E-state index contributed by atoms with van der Waals surface area (Å²) in [6, 6.07) is 7.15. The van der Waals surface area contributed by atoms with Crippen LogP contribution in [-0.4, -0.2) is 25.6 Å². The molecule has 0 unspecified atom stereocenters. The molecule has 3 aromatic rings. The predicted molar refractivity (Wildman–Crippen MR) is 110 cm³/mol. The van der Waals surface area contributed by atoms with Gasteiger partial charge < -0.3 is 9.67 Å². The lowest BCUT2D eigenvalue weighted by molar-refractivity contribution is 0.0697. The molecule has 1 aliphatic carbocycles. The molecular weight excluding hydrogens is 350 g/mol. The number of unbranched alkanes of at least 4 members (excludes halogenated alkanes) is 1. The molecule has 0 spiro atoms. The van der Waals surface area contributed by atoms with Crippen LogP contribution in [0.15, 0.2) is 42.9 Å². The summed E-state index contributed by atoms with van der Waals surface area (Å²) >= 11 is 0. The van der Waals surface area contributed by atoms with Gasteiger partial charge in [0.1, 0.15) is 0 Å². The number of aryl methyl sites for hydroxylation is 1. The van der Waals surface area contributed by atoms with Crippen LogP contribution in [0.1, 0.15) is 61.7 Å². The number of aromatic nitrogens is 3. The number of pyridine rings is 2. The molecule has 1 saturated carbocycles. The standard InChI is InChI=1S/C23H27N3O2/c27-23(28)19-9-11-24-20(15-19)21-14-18-10-13-26(22(18)16-25-21)12-5-4-8-17-6-2-1-3-7-17/h9-11,13-17H,1-8,12H2,(H,27,28). The molecule has 0 aliphatic heterocycles. The molecule has 0 radical (unpaired) electrons. The number of carboxylic acids is 1. The minimum absolute atomic E-state index is 0.224. The molecule has 146 valence electrons. The third kappa shape index (κ3) is 4.24. The van der Waals surface area contributed by atoms with Crippen molar-refractivity contribution in [2.24, 2.45) is 5.92 Å². The van der Waals surface area contributed by atoms with Crippen LogP contribution < -0.4 is 0 Å². The summed E-state index contributed by atoms with van der Waals surface area (Å²) in [7, 11) is 0. The van der Waals surface area contributed by atoms with Gasteiger partial charge in [0.25, 0.3) is 0 Å². The van der Waals surface area contributed by atoms with Crippen LogP contribution in [0.25, 0.3) is 22.3 Å². The maximum Gasteiger partial charge on any atom is 0.335 e. The highest BCUT2D eigenvalue weighted by Crippen LogP contribution is 2.28. The van der Waals surface area contributed by atoms with Crippen molar-refractivity contribution < 1.29 is 9.90 Å². The molecule has 1 aliphatic rings. The highest BCUT2D eigenvalue weighted by atomic mass is 16.4. The number of carboxylic acid groups (broad SMARTS) is 1. The molecular formula is C23H27N3O2. The lowest BCUT2D eigenvalue weighted by atomic mass is 9.86. The average molecular weight is 377 g/mol. The second kappa shape index (κ2) is 8.55. The van der Waals surface area contributed by atoms with Gasteiger partial charge in [0.05, 0.1) is 28.7 Å². The number of rotatable bonds is 7. The third-order valence-electron chi connectivity index (χ3n) is 5.91. The van der Waals surface area contributed by atoms with Crippen molar-refractivity contribution >= 4 is 16.9 Å². The van der Waals surface area contributed by atoms with E-state index in [1.807, 2.05) is 12.3 Å². The van der Waals surface area contributed by atoms with Gasteiger partial charge in [-0.1, -0.05) is 44.9 Å². The van der Waals surface area contributed by atoms with Gasteiger partial charge in [0, 0.05) is 24.3 Å². The van der Waals surface area contributed by atoms with Crippen molar-refractivity contribution in [1.29, 1.82) is 0 Å². The Kier molecular flexibility index (Phi) is 5.70. The van der Waals surface area contributed by atoms with Crippen molar-refractivity contribution in [2.45, 2.75) is 57.9 Å². The molecule has 3 aromatic heterocycles. The first-order valence-electron chi connectivity index (χ1n) is 10.4. The maximum absolute atomic E-state index is 11.2. The SMILES string of the molecule is O=C(O)c1ccnc(-c2cc3ccn(CCCCC4CCCCC4)c3cn2)c1. The van der Waals surface area contributed by atoms with E-state index in [2.05, 4.69) is 26.8 Å². The Morgan fingerprint density at radius 2 is 1.89 bits per heavy atom. The van der Waals surface area contributed by atoms with E-state index in [1.165, 1.54) is 63.6 Å². The lowest BCUT2D eigenvalue weighted by Crippen LogP contribution is -2.06. The molecule has 1 N–H and O–H groups in total. The Morgan fingerprint density at radius 1 is 1.07 bits per heavy atom. The zero-order chi connectivity index (χ0) is 19.3. The van der Waals surface area contributed by atoms with E-state index in [0.29, 0.717) is 11.4 Å². The van der Waals surface area contributed by atoms with Gasteiger partial charge in [0.15, 0.2) is 0 Å². The van der Waals surface area contributed by atoms with E-state index in [0.717, 1.165) is 23.4 Å². The molecule has 1 fully saturated rings. The van der Waals surface area contributed by atoms with Crippen LogP contribution >= 0.6 is 0 Å². The first-order valence-corrected chi connectivity index (χ1v) is 10.4. The van der Waals surface area contributed by atoms with E-state index in [-0.39, 0.29) is 5.56 Å². The summed E-state index contributed by atoms with van der Waals surface area (Å²) in [6.45, 7) is 1.02. The summed E-state index contributed by atoms with van der Waals surface area (Å²) in [6.07, 6.45) is 16.5. The van der Waals surface area contributed by atoms with Crippen molar-refractivity contribution in [3.63, 3.8) is 0 Å². The maximum atomic E-state index is 11.2. The first kappa shape index (κ1) is 18.7. The van der Waals surface area contributed by atoms with Gasteiger partial charge in [-0.2, -0.15) is 0 Å². The van der Waals surface area contributed by atoms with Crippen LogP contribution in [0.3, 0.4) is 0 Å². The number of hydrogen-bond acceptors (Lipinski definition) is 3. The second-order valence-corrected chi connectivity index (χ2v) is 7.87. The molecule has 0 bridgehead atoms. The minimum Gasteiger partial charge on any atom is -0.478 e. The van der Waals surface area contributed by atoms with Gasteiger partial charge in [-0.05, 0) is 36.6 Å². The highest BCUT2D eigenvalue weighted by molar-refractivity contribution is 5.89. The van der Waals surface area contributed by atoms with Crippen LogP contribution in [0.4, 0.5) is 0 Å². The Morgan fingerprint density at radius 3 is 2.71 bits per heavy atom. The van der Waals surface area contributed by atoms with Crippen LogP contribution in [-0.2, 0) is 6.54 Å². The molecule has 5 nitrogen and oxygen atoms in total. The summed E-state index contributed by atoms with van der Waals surface area (Å²) in [5.41, 5.74) is 2.63. The van der Waals surface area contributed by atoms with E-state index in [4.69, 9.17) is 5.11 Å². The van der Waals surface area contributed by atoms with Crippen molar-refractivity contribution in [2.75, 3.05) is 0 Å². The van der Waals surface area contributed by atoms with Crippen molar-refractivity contribution in [3.8, 4) is 11.4 Å². The summed E-state index contributed by atoms with van der Waals surface area (Å²) < 4.78 is 2.27. The molecule has 5 heteroatoms. The highest BCUT2D eigenvalue weighted by Gasteiger charge is 2.13. The number of hydrogen-bond donors (Lipinski definition) is 1. The zero-order valence-corrected chi connectivity index (χ0v) is 16.2. The van der Waals surface area contributed by atoms with Crippen molar-refractivity contribution in [1.82, 2.24) is 14.5 Å². The fraction of sp³-hybridized carbons (Fsp3) is 0.435. The Hall–Kier alpha value is -2.69. The molecule has 0 amide bonds. The zero-order valence-electron chi connectivity index (χ0n) is 16.2. The molecule has 28 heavy (non-hydrogen) atoms. The van der Waals surface area contributed by atoms with Gasteiger partial charge in [-0.25, -0.2) is 4.79 Å². The molecule has 0 saturated heterocycles. The largest absolute Gasteiger partial charge is 0.478 e. The summed E-state index contributed by atoms with van der Waals surface area (Å²) in [5.74, 6) is -0.00226. The molecule has 0 aromatic carbocycles. The van der Waals surface area contributed by atoms with E-state index in [9.17, 15) is 4.79 Å². The van der Waals surface area contributed by atoms with Gasteiger partial charge >= 0.3 is 5.97 Å². The van der Waals surface area contributed by atoms with Crippen molar-refractivity contribution in [3.05, 3.63) is 48.4 Å². The fourth-order valence-electron chi connectivity index (χ4n) is 4.32. The Labute approximate surface area is 165 Å². The average Bonchev–Trinajstić information content (AvgIpc) is 3.14. The number of carbonyl (C=O) groups is 1. The monoisotopic (exact) mass is 377 g/mol. The van der Waals surface area contributed by atoms with Gasteiger partial charge in [-0.15, -0.1) is 0 Å². The van der Waals surface area contributed by atoms with Gasteiger partial charge in [-0.3, -0.25) is 9.97 Å². The van der Waals surface area contributed by atoms with Crippen LogP contribution in [0, 0.1) is 5.92 Å². The first-order chi connectivity index (χ1) is 13.7. The quantitative estimate of drug-likeness (QED) is 0.548. The Balaban J connectivity index is 1.41. The molecule has 4 rings (SSSR count). The smallest absolute Gasteiger partial charge is 0.335 e.